The molecule has 1 saturated heterocycles. The minimum atomic E-state index is 0.0257. The number of amides is 1. The van der Waals surface area contributed by atoms with E-state index in [9.17, 15) is 4.79 Å². The van der Waals surface area contributed by atoms with Gasteiger partial charge in [-0.1, -0.05) is 18.2 Å². The zero-order valence-electron chi connectivity index (χ0n) is 11.7. The highest BCUT2D eigenvalue weighted by atomic mass is 16.5. The van der Waals surface area contributed by atoms with Crippen molar-refractivity contribution in [1.29, 1.82) is 0 Å². The van der Waals surface area contributed by atoms with Gasteiger partial charge in [-0.3, -0.25) is 4.79 Å². The lowest BCUT2D eigenvalue weighted by atomic mass is 10.1. The summed E-state index contributed by atoms with van der Waals surface area (Å²) < 4.78 is 5.69. The molecule has 2 N–H and O–H groups in total. The molecule has 1 aromatic carbocycles. The molecule has 0 spiro atoms. The van der Waals surface area contributed by atoms with Crippen LogP contribution in [0.5, 0.6) is 5.75 Å². The Morgan fingerprint density at radius 1 is 1.42 bits per heavy atom. The molecule has 104 valence electrons. The molecule has 1 heterocycles. The van der Waals surface area contributed by atoms with Crippen LogP contribution in [0.15, 0.2) is 18.2 Å². The van der Waals surface area contributed by atoms with E-state index in [0.717, 1.165) is 36.3 Å². The van der Waals surface area contributed by atoms with Crippen LogP contribution in [-0.2, 0) is 4.79 Å². The normalized spacial score (nSPS) is 19.3. The zero-order valence-corrected chi connectivity index (χ0v) is 11.7. The third-order valence-corrected chi connectivity index (χ3v) is 3.56. The molecule has 19 heavy (non-hydrogen) atoms. The van der Waals surface area contributed by atoms with Crippen LogP contribution in [0.1, 0.15) is 24.0 Å². The Balaban J connectivity index is 1.93. The average molecular weight is 262 g/mol. The molecule has 0 aromatic heterocycles. The van der Waals surface area contributed by atoms with Gasteiger partial charge in [-0.15, -0.1) is 0 Å². The first-order chi connectivity index (χ1) is 9.08. The lowest BCUT2D eigenvalue weighted by Gasteiger charge is -2.30. The number of para-hydroxylation sites is 1. The van der Waals surface area contributed by atoms with Crippen LogP contribution in [0.3, 0.4) is 0 Å². The second-order valence-electron chi connectivity index (χ2n) is 5.25. The maximum atomic E-state index is 12.1. The van der Waals surface area contributed by atoms with Crippen LogP contribution in [0, 0.1) is 13.8 Å². The highest BCUT2D eigenvalue weighted by Crippen LogP contribution is 2.22. The van der Waals surface area contributed by atoms with Crippen LogP contribution >= 0.6 is 0 Å². The van der Waals surface area contributed by atoms with Gasteiger partial charge in [-0.25, -0.2) is 0 Å². The molecule has 4 heteroatoms. The standard InChI is InChI=1S/C15H22N2O2/c1-11-5-3-6-12(2)15(11)19-10-14(18)17-8-4-7-13(16)9-17/h3,5-6,13H,4,7-10,16H2,1-2H3/t13-/m0/s1. The first-order valence-corrected chi connectivity index (χ1v) is 6.80. The molecule has 1 amide bonds. The number of nitrogens with two attached hydrogens (primary N) is 1. The van der Waals surface area contributed by atoms with Crippen LogP contribution in [0.4, 0.5) is 0 Å². The highest BCUT2D eigenvalue weighted by molar-refractivity contribution is 5.78. The monoisotopic (exact) mass is 262 g/mol. The van der Waals surface area contributed by atoms with Crippen LogP contribution in [0.25, 0.3) is 0 Å². The number of carbonyl (C=O) groups is 1. The molecule has 1 atom stereocenters. The summed E-state index contributed by atoms with van der Waals surface area (Å²) in [5.41, 5.74) is 8.00. The molecule has 4 nitrogen and oxygen atoms in total. The van der Waals surface area contributed by atoms with E-state index >= 15 is 0 Å². The van der Waals surface area contributed by atoms with Gasteiger partial charge in [0.1, 0.15) is 5.75 Å². The molecule has 1 aliphatic rings. The Labute approximate surface area is 114 Å². The SMILES string of the molecule is Cc1cccc(C)c1OCC(=O)N1CCC[C@H](N)C1. The van der Waals surface area contributed by atoms with Crippen molar-refractivity contribution in [2.24, 2.45) is 5.73 Å². The molecule has 1 aromatic rings. The molecule has 0 bridgehead atoms. The minimum absolute atomic E-state index is 0.0257. The largest absolute Gasteiger partial charge is 0.483 e. The Morgan fingerprint density at radius 3 is 2.74 bits per heavy atom. The number of nitrogens with zero attached hydrogens (tertiary/aromatic N) is 1. The molecule has 2 rings (SSSR count). The summed E-state index contributed by atoms with van der Waals surface area (Å²) in [6.45, 7) is 5.52. The van der Waals surface area contributed by atoms with Crippen molar-refractivity contribution < 1.29 is 9.53 Å². The number of hydrogen-bond acceptors (Lipinski definition) is 3. The van der Waals surface area contributed by atoms with E-state index in [-0.39, 0.29) is 18.6 Å². The van der Waals surface area contributed by atoms with E-state index in [1.54, 1.807) is 0 Å². The van der Waals surface area contributed by atoms with Gasteiger partial charge in [-0.05, 0) is 37.8 Å². The topological polar surface area (TPSA) is 55.6 Å². The summed E-state index contributed by atoms with van der Waals surface area (Å²) in [6, 6.07) is 6.08. The Hall–Kier alpha value is -1.55. The number of hydrogen-bond donors (Lipinski definition) is 1. The molecule has 1 fully saturated rings. The highest BCUT2D eigenvalue weighted by Gasteiger charge is 2.21. The zero-order chi connectivity index (χ0) is 13.8. The fourth-order valence-electron chi connectivity index (χ4n) is 2.49. The second kappa shape index (κ2) is 6.06. The quantitative estimate of drug-likeness (QED) is 0.901. The summed E-state index contributed by atoms with van der Waals surface area (Å²) in [7, 11) is 0. The van der Waals surface area contributed by atoms with Crippen molar-refractivity contribution in [3.8, 4) is 5.75 Å². The first-order valence-electron chi connectivity index (χ1n) is 6.80. The lowest BCUT2D eigenvalue weighted by molar-refractivity contribution is -0.134. The van der Waals surface area contributed by atoms with Crippen molar-refractivity contribution >= 4 is 5.91 Å². The van der Waals surface area contributed by atoms with E-state index in [2.05, 4.69) is 0 Å². The van der Waals surface area contributed by atoms with Gasteiger partial charge in [0.25, 0.3) is 5.91 Å². The third-order valence-electron chi connectivity index (χ3n) is 3.56. The number of piperidine rings is 1. The summed E-state index contributed by atoms with van der Waals surface area (Å²) in [5, 5.41) is 0. The van der Waals surface area contributed by atoms with E-state index in [0.29, 0.717) is 6.54 Å². The molecular formula is C15H22N2O2. The van der Waals surface area contributed by atoms with Crippen molar-refractivity contribution in [2.45, 2.75) is 32.7 Å². The van der Waals surface area contributed by atoms with Crippen LogP contribution < -0.4 is 10.5 Å². The van der Waals surface area contributed by atoms with Gasteiger partial charge in [0.15, 0.2) is 6.61 Å². The minimum Gasteiger partial charge on any atom is -0.483 e. The molecule has 0 radical (unpaired) electrons. The maximum Gasteiger partial charge on any atom is 0.260 e. The Bertz CT molecular complexity index is 439. The Kier molecular flexibility index (Phi) is 4.43. The van der Waals surface area contributed by atoms with Crippen molar-refractivity contribution in [2.75, 3.05) is 19.7 Å². The van der Waals surface area contributed by atoms with Gasteiger partial charge in [0.05, 0.1) is 0 Å². The fraction of sp³-hybridized carbons (Fsp3) is 0.533. The maximum absolute atomic E-state index is 12.1. The average Bonchev–Trinajstić information content (AvgIpc) is 2.38. The summed E-state index contributed by atoms with van der Waals surface area (Å²) >= 11 is 0. The molecule has 0 unspecified atom stereocenters. The second-order valence-corrected chi connectivity index (χ2v) is 5.25. The number of carbonyl (C=O) groups excluding carboxylic acids is 1. The van der Waals surface area contributed by atoms with Gasteiger partial charge in [0.2, 0.25) is 0 Å². The van der Waals surface area contributed by atoms with Crippen LogP contribution in [0.2, 0.25) is 0 Å². The van der Waals surface area contributed by atoms with Gasteiger partial charge in [-0.2, -0.15) is 0 Å². The smallest absolute Gasteiger partial charge is 0.260 e. The molecule has 0 saturated carbocycles. The number of ether oxygens (including phenoxy) is 1. The molecular weight excluding hydrogens is 240 g/mol. The molecule has 0 aliphatic carbocycles. The fourth-order valence-corrected chi connectivity index (χ4v) is 2.49. The van der Waals surface area contributed by atoms with E-state index in [4.69, 9.17) is 10.5 Å². The predicted octanol–water partition coefficient (Wildman–Crippen LogP) is 1.63. The van der Waals surface area contributed by atoms with E-state index in [1.165, 1.54) is 0 Å². The molecule has 1 aliphatic heterocycles. The van der Waals surface area contributed by atoms with Crippen molar-refractivity contribution in [1.82, 2.24) is 4.90 Å². The summed E-state index contributed by atoms with van der Waals surface area (Å²) in [5.74, 6) is 0.843. The van der Waals surface area contributed by atoms with Crippen molar-refractivity contribution in [3.63, 3.8) is 0 Å². The van der Waals surface area contributed by atoms with Crippen LogP contribution in [-0.4, -0.2) is 36.5 Å². The number of likely N-dealkylation sites (tertiary alicyclic amines) is 1. The van der Waals surface area contributed by atoms with E-state index < -0.39 is 0 Å². The first kappa shape index (κ1) is 13.9. The lowest BCUT2D eigenvalue weighted by Crippen LogP contribution is -2.47. The van der Waals surface area contributed by atoms with E-state index in [1.807, 2.05) is 36.9 Å². The number of rotatable bonds is 3. The summed E-state index contributed by atoms with van der Waals surface area (Å²) in [6.07, 6.45) is 1.98. The van der Waals surface area contributed by atoms with Gasteiger partial charge >= 0.3 is 0 Å². The van der Waals surface area contributed by atoms with Gasteiger partial charge < -0.3 is 15.4 Å². The number of benzene rings is 1. The third kappa shape index (κ3) is 3.47. The predicted molar refractivity (Wildman–Crippen MR) is 75.2 cm³/mol. The Morgan fingerprint density at radius 2 is 2.11 bits per heavy atom. The van der Waals surface area contributed by atoms with Gasteiger partial charge in [0, 0.05) is 19.1 Å². The number of aryl methyl sites for hydroxylation is 2. The summed E-state index contributed by atoms with van der Waals surface area (Å²) in [4.78, 5) is 13.9. The van der Waals surface area contributed by atoms with Crippen molar-refractivity contribution in [3.05, 3.63) is 29.3 Å².